The Morgan fingerprint density at radius 3 is 2.78 bits per heavy atom. The second kappa shape index (κ2) is 4.75. The maximum atomic E-state index is 12.6. The number of rotatable bonds is 2. The summed E-state index contributed by atoms with van der Waals surface area (Å²) in [5, 5.41) is 0. The zero-order valence-electron chi connectivity index (χ0n) is 11.7. The zero-order chi connectivity index (χ0) is 13.3. The quantitative estimate of drug-likeness (QED) is 0.796. The third-order valence-electron chi connectivity index (χ3n) is 4.25. The molecular weight excluding hydrogens is 224 g/mol. The van der Waals surface area contributed by atoms with Crippen LogP contribution in [-0.2, 0) is 10.2 Å². The van der Waals surface area contributed by atoms with Crippen LogP contribution < -0.4 is 4.74 Å². The van der Waals surface area contributed by atoms with E-state index < -0.39 is 0 Å². The third-order valence-corrected chi connectivity index (χ3v) is 4.25. The van der Waals surface area contributed by atoms with Crippen LogP contribution in [0.5, 0.6) is 5.75 Å². The fourth-order valence-electron chi connectivity index (χ4n) is 3.08. The van der Waals surface area contributed by atoms with Gasteiger partial charge in [0.2, 0.25) is 0 Å². The van der Waals surface area contributed by atoms with Crippen LogP contribution in [0.3, 0.4) is 0 Å². The van der Waals surface area contributed by atoms with Crippen LogP contribution in [0.1, 0.15) is 44.2 Å². The van der Waals surface area contributed by atoms with Crippen LogP contribution in [-0.4, -0.2) is 12.9 Å². The summed E-state index contributed by atoms with van der Waals surface area (Å²) in [6.45, 7) is 6.17. The molecular formula is C16H22O2. The van der Waals surface area contributed by atoms with Crippen molar-refractivity contribution >= 4 is 5.78 Å². The number of benzene rings is 1. The van der Waals surface area contributed by atoms with Crippen molar-refractivity contribution in [3.63, 3.8) is 0 Å². The molecule has 0 aromatic heterocycles. The number of ketones is 1. The van der Waals surface area contributed by atoms with Gasteiger partial charge in [-0.15, -0.1) is 0 Å². The fraction of sp³-hybridized carbons (Fsp3) is 0.562. The molecule has 1 saturated carbocycles. The molecule has 0 bridgehead atoms. The first-order valence-corrected chi connectivity index (χ1v) is 6.68. The number of hydrogen-bond acceptors (Lipinski definition) is 2. The minimum absolute atomic E-state index is 0.161. The molecule has 2 heteroatoms. The fourth-order valence-corrected chi connectivity index (χ4v) is 3.08. The van der Waals surface area contributed by atoms with Crippen molar-refractivity contribution in [2.45, 2.75) is 45.4 Å². The van der Waals surface area contributed by atoms with E-state index in [2.05, 4.69) is 19.9 Å². The van der Waals surface area contributed by atoms with Crippen molar-refractivity contribution in [3.8, 4) is 5.75 Å². The third kappa shape index (κ3) is 2.05. The minimum Gasteiger partial charge on any atom is -0.496 e. The average Bonchev–Trinajstić information content (AvgIpc) is 2.36. The Morgan fingerprint density at radius 1 is 1.39 bits per heavy atom. The SMILES string of the molecule is COc1ccc(C)cc1C1(C)CCCC(C)C1=O. The van der Waals surface area contributed by atoms with E-state index in [1.165, 1.54) is 5.56 Å². The maximum Gasteiger partial charge on any atom is 0.146 e. The van der Waals surface area contributed by atoms with Gasteiger partial charge in [-0.05, 0) is 32.8 Å². The summed E-state index contributed by atoms with van der Waals surface area (Å²) in [5.74, 6) is 1.36. The Bertz CT molecular complexity index is 464. The monoisotopic (exact) mass is 246 g/mol. The van der Waals surface area contributed by atoms with Crippen molar-refractivity contribution in [3.05, 3.63) is 29.3 Å². The first-order chi connectivity index (χ1) is 8.49. The number of carbonyl (C=O) groups excluding carboxylic acids is 1. The number of hydrogen-bond donors (Lipinski definition) is 0. The van der Waals surface area contributed by atoms with E-state index in [1.54, 1.807) is 7.11 Å². The number of Topliss-reactive ketones (excluding diaryl/α,β-unsaturated/α-hetero) is 1. The smallest absolute Gasteiger partial charge is 0.146 e. The van der Waals surface area contributed by atoms with Gasteiger partial charge in [-0.2, -0.15) is 0 Å². The highest BCUT2D eigenvalue weighted by atomic mass is 16.5. The second-order valence-corrected chi connectivity index (χ2v) is 5.69. The van der Waals surface area contributed by atoms with Crippen molar-refractivity contribution < 1.29 is 9.53 Å². The molecule has 2 atom stereocenters. The van der Waals surface area contributed by atoms with Crippen molar-refractivity contribution in [2.24, 2.45) is 5.92 Å². The molecule has 1 aliphatic rings. The molecule has 2 rings (SSSR count). The molecule has 1 aromatic rings. The first kappa shape index (κ1) is 13.1. The van der Waals surface area contributed by atoms with Gasteiger partial charge >= 0.3 is 0 Å². The number of carbonyl (C=O) groups is 1. The van der Waals surface area contributed by atoms with Gasteiger partial charge in [0.15, 0.2) is 0 Å². The highest BCUT2D eigenvalue weighted by Crippen LogP contribution is 2.42. The Hall–Kier alpha value is -1.31. The van der Waals surface area contributed by atoms with E-state index in [9.17, 15) is 4.79 Å². The predicted molar refractivity (Wildman–Crippen MR) is 73.1 cm³/mol. The predicted octanol–water partition coefficient (Wildman–Crippen LogP) is 3.65. The lowest BCUT2D eigenvalue weighted by molar-refractivity contribution is -0.130. The van der Waals surface area contributed by atoms with Crippen molar-refractivity contribution in [2.75, 3.05) is 7.11 Å². The lowest BCUT2D eigenvalue weighted by atomic mass is 9.66. The van der Waals surface area contributed by atoms with Crippen molar-refractivity contribution in [1.29, 1.82) is 0 Å². The molecule has 2 unspecified atom stereocenters. The van der Waals surface area contributed by atoms with Crippen LogP contribution in [0.4, 0.5) is 0 Å². The Balaban J connectivity index is 2.51. The highest BCUT2D eigenvalue weighted by molar-refractivity contribution is 5.92. The first-order valence-electron chi connectivity index (χ1n) is 6.68. The van der Waals surface area contributed by atoms with Crippen LogP contribution in [0.2, 0.25) is 0 Å². The summed E-state index contributed by atoms with van der Waals surface area (Å²) in [4.78, 5) is 12.6. The van der Waals surface area contributed by atoms with Crippen LogP contribution in [0, 0.1) is 12.8 Å². The van der Waals surface area contributed by atoms with E-state index >= 15 is 0 Å². The van der Waals surface area contributed by atoms with Gasteiger partial charge in [0.1, 0.15) is 11.5 Å². The molecule has 1 aromatic carbocycles. The number of aryl methyl sites for hydroxylation is 1. The summed E-state index contributed by atoms with van der Waals surface area (Å²) in [5.41, 5.74) is 1.86. The van der Waals surface area contributed by atoms with E-state index in [-0.39, 0.29) is 11.3 Å². The minimum atomic E-state index is -0.380. The highest BCUT2D eigenvalue weighted by Gasteiger charge is 2.42. The number of ether oxygens (including phenoxy) is 1. The molecule has 1 aliphatic carbocycles. The Kier molecular flexibility index (Phi) is 3.47. The van der Waals surface area contributed by atoms with E-state index in [1.807, 2.05) is 19.1 Å². The van der Waals surface area contributed by atoms with Crippen LogP contribution in [0.15, 0.2) is 18.2 Å². The van der Waals surface area contributed by atoms with Gasteiger partial charge in [-0.25, -0.2) is 0 Å². The van der Waals surface area contributed by atoms with Gasteiger partial charge in [-0.3, -0.25) is 4.79 Å². The molecule has 1 fully saturated rings. The van der Waals surface area contributed by atoms with Gasteiger partial charge in [-0.1, -0.05) is 31.0 Å². The Morgan fingerprint density at radius 2 is 2.11 bits per heavy atom. The van der Waals surface area contributed by atoms with E-state index in [0.29, 0.717) is 5.78 Å². The molecule has 0 radical (unpaired) electrons. The summed E-state index contributed by atoms with van der Waals surface area (Å²) in [7, 11) is 1.67. The molecule has 0 saturated heterocycles. The molecule has 18 heavy (non-hydrogen) atoms. The summed E-state index contributed by atoms with van der Waals surface area (Å²) < 4.78 is 5.45. The normalized spacial score (nSPS) is 28.2. The largest absolute Gasteiger partial charge is 0.496 e. The molecule has 98 valence electrons. The van der Waals surface area contributed by atoms with Gasteiger partial charge in [0.25, 0.3) is 0 Å². The topological polar surface area (TPSA) is 26.3 Å². The lowest BCUT2D eigenvalue weighted by Crippen LogP contribution is -2.40. The zero-order valence-corrected chi connectivity index (χ0v) is 11.7. The van der Waals surface area contributed by atoms with Gasteiger partial charge < -0.3 is 4.74 Å². The van der Waals surface area contributed by atoms with Crippen LogP contribution >= 0.6 is 0 Å². The van der Waals surface area contributed by atoms with E-state index in [4.69, 9.17) is 4.74 Å². The second-order valence-electron chi connectivity index (χ2n) is 5.69. The maximum absolute atomic E-state index is 12.6. The standard InChI is InChI=1S/C16H22O2/c1-11-7-8-14(18-4)13(10-11)16(3)9-5-6-12(2)15(16)17/h7-8,10,12H,5-6,9H2,1-4H3. The summed E-state index contributed by atoms with van der Waals surface area (Å²) in [6, 6.07) is 6.11. The molecule has 2 nitrogen and oxygen atoms in total. The molecule has 0 spiro atoms. The molecule has 0 amide bonds. The van der Waals surface area contributed by atoms with E-state index in [0.717, 1.165) is 30.6 Å². The van der Waals surface area contributed by atoms with Crippen molar-refractivity contribution in [1.82, 2.24) is 0 Å². The molecule has 0 N–H and O–H groups in total. The molecule has 0 aliphatic heterocycles. The van der Waals surface area contributed by atoms with Gasteiger partial charge in [0.05, 0.1) is 12.5 Å². The molecule has 0 heterocycles. The summed E-state index contributed by atoms with van der Waals surface area (Å²) >= 11 is 0. The lowest BCUT2D eigenvalue weighted by Gasteiger charge is -2.36. The summed E-state index contributed by atoms with van der Waals surface area (Å²) in [6.07, 6.45) is 3.05. The number of methoxy groups -OCH3 is 1. The Labute approximate surface area is 109 Å². The van der Waals surface area contributed by atoms with Gasteiger partial charge in [0, 0.05) is 11.5 Å². The van der Waals surface area contributed by atoms with Crippen LogP contribution in [0.25, 0.3) is 0 Å². The average molecular weight is 246 g/mol.